The van der Waals surface area contributed by atoms with Crippen molar-refractivity contribution in [1.82, 2.24) is 5.32 Å². The minimum absolute atomic E-state index is 0.0285. The van der Waals surface area contributed by atoms with Gasteiger partial charge in [0.2, 0.25) is 11.8 Å². The van der Waals surface area contributed by atoms with E-state index >= 15 is 0 Å². The number of hydrogen-bond acceptors (Lipinski definition) is 4. The van der Waals surface area contributed by atoms with E-state index in [1.165, 1.54) is 19.3 Å². The largest absolute Gasteiger partial charge is 0.504 e. The van der Waals surface area contributed by atoms with Gasteiger partial charge in [-0.15, -0.1) is 0 Å². The normalized spacial score (nSPS) is 10.5. The van der Waals surface area contributed by atoms with Crippen LogP contribution in [-0.4, -0.2) is 30.6 Å². The van der Waals surface area contributed by atoms with Crippen LogP contribution in [0.5, 0.6) is 11.5 Å². The van der Waals surface area contributed by atoms with Crippen molar-refractivity contribution >= 4 is 35.2 Å². The third-order valence-corrected chi connectivity index (χ3v) is 3.66. The number of aromatic hydroxyl groups is 1. The second-order valence-corrected chi connectivity index (χ2v) is 5.80. The van der Waals surface area contributed by atoms with Gasteiger partial charge in [0.25, 0.3) is 0 Å². The zero-order valence-corrected chi connectivity index (χ0v) is 14.9. The number of phenols is 1. The summed E-state index contributed by atoms with van der Waals surface area (Å²) in [6, 6.07) is 11.5. The lowest BCUT2D eigenvalue weighted by Gasteiger charge is -2.06. The van der Waals surface area contributed by atoms with Crippen LogP contribution in [0.25, 0.3) is 6.08 Å². The van der Waals surface area contributed by atoms with Gasteiger partial charge in [-0.3, -0.25) is 9.59 Å². The minimum atomic E-state index is -0.323. The molecule has 0 saturated heterocycles. The van der Waals surface area contributed by atoms with Crippen molar-refractivity contribution in [2.75, 3.05) is 19.0 Å². The van der Waals surface area contributed by atoms with Crippen molar-refractivity contribution in [3.05, 3.63) is 59.1 Å². The Labute approximate surface area is 156 Å². The third-order valence-electron chi connectivity index (χ3n) is 3.41. The number of methoxy groups -OCH3 is 1. The van der Waals surface area contributed by atoms with E-state index in [4.69, 9.17) is 16.3 Å². The van der Waals surface area contributed by atoms with Crippen molar-refractivity contribution in [3.8, 4) is 11.5 Å². The van der Waals surface area contributed by atoms with Crippen molar-refractivity contribution in [3.63, 3.8) is 0 Å². The van der Waals surface area contributed by atoms with E-state index in [9.17, 15) is 14.7 Å². The number of hydrogen-bond donors (Lipinski definition) is 3. The molecule has 0 aromatic heterocycles. The molecule has 2 amide bonds. The maximum absolute atomic E-state index is 11.8. The fraction of sp³-hybridized carbons (Fsp3) is 0.158. The number of anilines is 1. The second kappa shape index (κ2) is 9.48. The third kappa shape index (κ3) is 6.14. The van der Waals surface area contributed by atoms with E-state index in [2.05, 4.69) is 10.6 Å². The fourth-order valence-corrected chi connectivity index (χ4v) is 2.21. The number of nitrogens with one attached hydrogen (secondary N) is 2. The highest BCUT2D eigenvalue weighted by Crippen LogP contribution is 2.26. The highest BCUT2D eigenvalue weighted by molar-refractivity contribution is 6.30. The van der Waals surface area contributed by atoms with Gasteiger partial charge >= 0.3 is 0 Å². The highest BCUT2D eigenvalue weighted by atomic mass is 35.5. The summed E-state index contributed by atoms with van der Waals surface area (Å²) in [6.07, 6.45) is 3.09. The Morgan fingerprint density at radius 1 is 1.19 bits per heavy atom. The number of phenolic OH excluding ortho intramolecular Hbond substituents is 1. The molecule has 0 aliphatic heterocycles. The van der Waals surface area contributed by atoms with Crippen LogP contribution < -0.4 is 15.4 Å². The lowest BCUT2D eigenvalue weighted by molar-refractivity contribution is -0.117. The van der Waals surface area contributed by atoms with Crippen LogP contribution in [-0.2, 0) is 9.59 Å². The van der Waals surface area contributed by atoms with E-state index in [1.54, 1.807) is 42.5 Å². The van der Waals surface area contributed by atoms with E-state index in [0.29, 0.717) is 22.0 Å². The molecule has 0 unspecified atom stereocenters. The molecule has 2 rings (SSSR count). The topological polar surface area (TPSA) is 87.7 Å². The summed E-state index contributed by atoms with van der Waals surface area (Å²) < 4.78 is 5.00. The van der Waals surface area contributed by atoms with Gasteiger partial charge in [0.15, 0.2) is 11.5 Å². The molecule has 26 heavy (non-hydrogen) atoms. The van der Waals surface area contributed by atoms with E-state index in [0.717, 1.165) is 0 Å². The Hall–Kier alpha value is -2.99. The van der Waals surface area contributed by atoms with Gasteiger partial charge in [0.1, 0.15) is 0 Å². The molecule has 7 heteroatoms. The number of carbonyl (C=O) groups is 2. The van der Waals surface area contributed by atoms with Crippen molar-refractivity contribution < 1.29 is 19.4 Å². The second-order valence-electron chi connectivity index (χ2n) is 5.36. The van der Waals surface area contributed by atoms with Crippen LogP contribution in [0.1, 0.15) is 12.0 Å². The first kappa shape index (κ1) is 19.3. The summed E-state index contributed by atoms with van der Waals surface area (Å²) in [5.74, 6) is -0.177. The molecule has 0 atom stereocenters. The quantitative estimate of drug-likeness (QED) is 0.649. The van der Waals surface area contributed by atoms with Gasteiger partial charge in [0.05, 0.1) is 7.11 Å². The smallest absolute Gasteiger partial charge is 0.244 e. The molecule has 136 valence electrons. The first-order valence-electron chi connectivity index (χ1n) is 7.86. The summed E-state index contributed by atoms with van der Waals surface area (Å²) in [4.78, 5) is 23.6. The van der Waals surface area contributed by atoms with Gasteiger partial charge in [-0.25, -0.2) is 0 Å². The lowest BCUT2D eigenvalue weighted by atomic mass is 10.2. The number of halogens is 1. The molecule has 0 radical (unpaired) electrons. The molecule has 2 aromatic rings. The van der Waals surface area contributed by atoms with Crippen molar-refractivity contribution in [2.24, 2.45) is 0 Å². The van der Waals surface area contributed by atoms with Gasteiger partial charge in [-0.1, -0.05) is 17.7 Å². The molecule has 0 aliphatic rings. The number of ether oxygens (including phenoxy) is 1. The number of rotatable bonds is 7. The maximum atomic E-state index is 11.8. The van der Waals surface area contributed by atoms with Crippen LogP contribution in [0.3, 0.4) is 0 Å². The number of amides is 2. The van der Waals surface area contributed by atoms with Crippen LogP contribution in [0.4, 0.5) is 5.69 Å². The van der Waals surface area contributed by atoms with Gasteiger partial charge in [-0.05, 0) is 48.0 Å². The monoisotopic (exact) mass is 374 g/mol. The van der Waals surface area contributed by atoms with E-state index < -0.39 is 0 Å². The Morgan fingerprint density at radius 2 is 1.92 bits per heavy atom. The van der Waals surface area contributed by atoms with Gasteiger partial charge in [-0.2, -0.15) is 0 Å². The molecule has 3 N–H and O–H groups in total. The van der Waals surface area contributed by atoms with Gasteiger partial charge in [0, 0.05) is 29.8 Å². The predicted molar refractivity (Wildman–Crippen MR) is 101 cm³/mol. The lowest BCUT2D eigenvalue weighted by Crippen LogP contribution is -2.26. The van der Waals surface area contributed by atoms with Crippen molar-refractivity contribution in [2.45, 2.75) is 6.42 Å². The van der Waals surface area contributed by atoms with Crippen LogP contribution >= 0.6 is 11.6 Å². The SMILES string of the molecule is COc1cc(/C=C/C(=O)NCCC(=O)Nc2ccc(Cl)cc2)ccc1O. The highest BCUT2D eigenvalue weighted by Gasteiger charge is 2.04. The van der Waals surface area contributed by atoms with E-state index in [-0.39, 0.29) is 30.5 Å². The Kier molecular flexibility index (Phi) is 7.05. The Bertz CT molecular complexity index is 804. The molecular formula is C19H19ClN2O4. The summed E-state index contributed by atoms with van der Waals surface area (Å²) in [5.41, 5.74) is 1.35. The Morgan fingerprint density at radius 3 is 2.62 bits per heavy atom. The van der Waals surface area contributed by atoms with Crippen LogP contribution in [0, 0.1) is 0 Å². The average Bonchev–Trinajstić information content (AvgIpc) is 2.63. The van der Waals surface area contributed by atoms with Crippen LogP contribution in [0.15, 0.2) is 48.5 Å². The van der Waals surface area contributed by atoms with Crippen molar-refractivity contribution in [1.29, 1.82) is 0 Å². The first-order valence-corrected chi connectivity index (χ1v) is 8.24. The molecule has 2 aromatic carbocycles. The Balaban J connectivity index is 1.76. The number of carbonyl (C=O) groups excluding carboxylic acids is 2. The summed E-state index contributed by atoms with van der Waals surface area (Å²) >= 11 is 5.78. The maximum Gasteiger partial charge on any atom is 0.244 e. The average molecular weight is 375 g/mol. The molecular weight excluding hydrogens is 356 g/mol. The molecule has 0 fully saturated rings. The summed E-state index contributed by atoms with van der Waals surface area (Å²) in [6.45, 7) is 0.210. The molecule has 6 nitrogen and oxygen atoms in total. The molecule has 0 aliphatic carbocycles. The standard InChI is InChI=1S/C19H19ClN2O4/c1-26-17-12-13(2-8-16(17)23)3-9-18(24)21-11-10-19(25)22-15-6-4-14(20)5-7-15/h2-9,12,23H,10-11H2,1H3,(H,21,24)(H,22,25)/b9-3+. The molecule has 0 bridgehead atoms. The van der Waals surface area contributed by atoms with E-state index in [1.807, 2.05) is 0 Å². The minimum Gasteiger partial charge on any atom is -0.504 e. The summed E-state index contributed by atoms with van der Waals surface area (Å²) in [7, 11) is 1.45. The molecule has 0 saturated carbocycles. The predicted octanol–water partition coefficient (Wildman–Crippen LogP) is 3.21. The molecule has 0 spiro atoms. The fourth-order valence-electron chi connectivity index (χ4n) is 2.08. The summed E-state index contributed by atoms with van der Waals surface area (Å²) in [5, 5.41) is 15.5. The van der Waals surface area contributed by atoms with Gasteiger partial charge < -0.3 is 20.5 Å². The van der Waals surface area contributed by atoms with Crippen LogP contribution in [0.2, 0.25) is 5.02 Å². The molecule has 0 heterocycles. The zero-order valence-electron chi connectivity index (χ0n) is 14.2. The first-order chi connectivity index (χ1) is 12.5. The number of benzene rings is 2. The zero-order chi connectivity index (χ0) is 18.9.